The van der Waals surface area contributed by atoms with E-state index in [0.29, 0.717) is 29.3 Å². The van der Waals surface area contributed by atoms with Gasteiger partial charge in [0.25, 0.3) is 0 Å². The van der Waals surface area contributed by atoms with Crippen molar-refractivity contribution in [3.63, 3.8) is 0 Å². The van der Waals surface area contributed by atoms with E-state index in [-0.39, 0.29) is 0 Å². The van der Waals surface area contributed by atoms with E-state index in [4.69, 9.17) is 17.3 Å². The molecule has 1 heterocycles. The van der Waals surface area contributed by atoms with Crippen LogP contribution in [0.2, 0.25) is 5.02 Å². The van der Waals surface area contributed by atoms with Gasteiger partial charge in [0.1, 0.15) is 5.82 Å². The van der Waals surface area contributed by atoms with E-state index in [1.807, 2.05) is 12.1 Å². The Hall–Kier alpha value is -0.800. The Balaban J connectivity index is 2.67. The van der Waals surface area contributed by atoms with Crippen LogP contribution in [0.4, 0.5) is 5.82 Å². The van der Waals surface area contributed by atoms with E-state index in [1.54, 1.807) is 0 Å². The number of rotatable bonds is 6. The first-order valence-corrected chi connectivity index (χ1v) is 6.92. The van der Waals surface area contributed by atoms with Crippen LogP contribution >= 0.6 is 11.6 Å². The molecule has 0 unspecified atom stereocenters. The van der Waals surface area contributed by atoms with E-state index in [2.05, 4.69) is 38.0 Å². The van der Waals surface area contributed by atoms with Crippen molar-refractivity contribution in [2.75, 3.05) is 11.9 Å². The fourth-order valence-corrected chi connectivity index (χ4v) is 2.37. The summed E-state index contributed by atoms with van der Waals surface area (Å²) in [6.07, 6.45) is 0. The molecule has 0 spiro atoms. The number of anilines is 1. The van der Waals surface area contributed by atoms with Gasteiger partial charge in [0, 0.05) is 13.1 Å². The normalized spacial score (nSPS) is 11.6. The maximum absolute atomic E-state index is 5.99. The minimum atomic E-state index is 0.367. The summed E-state index contributed by atoms with van der Waals surface area (Å²) >= 11 is 5.99. The molecule has 0 aromatic carbocycles. The van der Waals surface area contributed by atoms with Gasteiger partial charge >= 0.3 is 0 Å². The number of hydrogen-bond acceptors (Lipinski definition) is 3. The Kier molecular flexibility index (Phi) is 5.89. The fourth-order valence-electron chi connectivity index (χ4n) is 2.19. The molecule has 4 heteroatoms. The first-order chi connectivity index (χ1) is 8.45. The SMILES string of the molecule is CC(C)C(CNc1ccc(Cl)c(CN)n1)C(C)C. The Bertz CT molecular complexity index is 369. The smallest absolute Gasteiger partial charge is 0.126 e. The molecule has 0 aliphatic carbocycles. The molecule has 0 saturated heterocycles. The van der Waals surface area contributed by atoms with Gasteiger partial charge in [-0.15, -0.1) is 0 Å². The lowest BCUT2D eigenvalue weighted by Gasteiger charge is -2.25. The summed E-state index contributed by atoms with van der Waals surface area (Å²) in [5, 5.41) is 4.02. The fraction of sp³-hybridized carbons (Fsp3) is 0.643. The lowest BCUT2D eigenvalue weighted by Crippen LogP contribution is -2.25. The second kappa shape index (κ2) is 6.95. The van der Waals surface area contributed by atoms with Crippen molar-refractivity contribution in [2.45, 2.75) is 34.2 Å². The molecule has 18 heavy (non-hydrogen) atoms. The summed E-state index contributed by atoms with van der Waals surface area (Å²) < 4.78 is 0. The van der Waals surface area contributed by atoms with Gasteiger partial charge in [0.15, 0.2) is 0 Å². The summed E-state index contributed by atoms with van der Waals surface area (Å²) in [6.45, 7) is 10.3. The minimum absolute atomic E-state index is 0.367. The van der Waals surface area contributed by atoms with Crippen molar-refractivity contribution in [1.29, 1.82) is 0 Å². The molecular formula is C14H24ClN3. The predicted octanol–water partition coefficient (Wildman–Crippen LogP) is 3.53. The third kappa shape index (κ3) is 4.14. The van der Waals surface area contributed by atoms with Crippen LogP contribution in [-0.4, -0.2) is 11.5 Å². The van der Waals surface area contributed by atoms with Gasteiger partial charge in [-0.25, -0.2) is 4.98 Å². The van der Waals surface area contributed by atoms with Gasteiger partial charge < -0.3 is 11.1 Å². The molecule has 1 aromatic heterocycles. The van der Waals surface area contributed by atoms with Crippen LogP contribution in [-0.2, 0) is 6.54 Å². The first-order valence-electron chi connectivity index (χ1n) is 6.55. The van der Waals surface area contributed by atoms with Crippen molar-refractivity contribution in [1.82, 2.24) is 4.98 Å². The van der Waals surface area contributed by atoms with Crippen LogP contribution in [0.1, 0.15) is 33.4 Å². The number of pyridine rings is 1. The minimum Gasteiger partial charge on any atom is -0.370 e. The molecule has 102 valence electrons. The maximum Gasteiger partial charge on any atom is 0.126 e. The quantitative estimate of drug-likeness (QED) is 0.831. The number of aromatic nitrogens is 1. The van der Waals surface area contributed by atoms with E-state index >= 15 is 0 Å². The monoisotopic (exact) mass is 269 g/mol. The summed E-state index contributed by atoms with van der Waals surface area (Å²) in [7, 11) is 0. The average Bonchev–Trinajstić information content (AvgIpc) is 2.30. The van der Waals surface area contributed by atoms with Crippen LogP contribution in [0.25, 0.3) is 0 Å². The van der Waals surface area contributed by atoms with Gasteiger partial charge in [-0.05, 0) is 29.9 Å². The van der Waals surface area contributed by atoms with Gasteiger partial charge in [-0.3, -0.25) is 0 Å². The molecule has 0 radical (unpaired) electrons. The molecule has 3 nitrogen and oxygen atoms in total. The zero-order valence-electron chi connectivity index (χ0n) is 11.7. The van der Waals surface area contributed by atoms with E-state index < -0.39 is 0 Å². The predicted molar refractivity (Wildman–Crippen MR) is 78.8 cm³/mol. The van der Waals surface area contributed by atoms with Crippen molar-refractivity contribution < 1.29 is 0 Å². The number of nitrogens with one attached hydrogen (secondary N) is 1. The van der Waals surface area contributed by atoms with Crippen molar-refractivity contribution in [3.8, 4) is 0 Å². The summed E-state index contributed by atoms with van der Waals surface area (Å²) in [5.41, 5.74) is 6.34. The molecule has 1 rings (SSSR count). The highest BCUT2D eigenvalue weighted by Gasteiger charge is 2.17. The summed E-state index contributed by atoms with van der Waals surface area (Å²) in [5.74, 6) is 2.78. The molecule has 1 aromatic rings. The summed E-state index contributed by atoms with van der Waals surface area (Å²) in [6, 6.07) is 3.75. The van der Waals surface area contributed by atoms with Crippen molar-refractivity contribution >= 4 is 17.4 Å². The Morgan fingerprint density at radius 2 is 1.83 bits per heavy atom. The molecule has 0 atom stereocenters. The number of halogens is 1. The van der Waals surface area contributed by atoms with Gasteiger partial charge in [0.2, 0.25) is 0 Å². The highest BCUT2D eigenvalue weighted by molar-refractivity contribution is 6.31. The Morgan fingerprint density at radius 3 is 2.33 bits per heavy atom. The molecule has 0 bridgehead atoms. The second-order valence-electron chi connectivity index (χ2n) is 5.36. The lowest BCUT2D eigenvalue weighted by molar-refractivity contribution is 0.304. The zero-order valence-corrected chi connectivity index (χ0v) is 12.5. The highest BCUT2D eigenvalue weighted by Crippen LogP contribution is 2.22. The van der Waals surface area contributed by atoms with Crippen molar-refractivity contribution in [2.24, 2.45) is 23.5 Å². The van der Waals surface area contributed by atoms with Crippen LogP contribution in [0.3, 0.4) is 0 Å². The standard InChI is InChI=1S/C14H24ClN3/c1-9(2)11(10(3)4)8-17-14-6-5-12(15)13(7-16)18-14/h5-6,9-11H,7-8,16H2,1-4H3,(H,17,18). The van der Waals surface area contributed by atoms with Crippen LogP contribution in [0.5, 0.6) is 0 Å². The third-order valence-corrected chi connectivity index (χ3v) is 3.69. The number of hydrogen-bond donors (Lipinski definition) is 2. The van der Waals surface area contributed by atoms with Crippen molar-refractivity contribution in [3.05, 3.63) is 22.8 Å². The van der Waals surface area contributed by atoms with E-state index in [9.17, 15) is 0 Å². The topological polar surface area (TPSA) is 50.9 Å². The molecule has 3 N–H and O–H groups in total. The molecule has 0 saturated carbocycles. The van der Waals surface area contributed by atoms with E-state index in [0.717, 1.165) is 18.1 Å². The van der Waals surface area contributed by atoms with Gasteiger partial charge in [-0.2, -0.15) is 0 Å². The molecule has 0 aliphatic heterocycles. The zero-order chi connectivity index (χ0) is 13.7. The average molecular weight is 270 g/mol. The van der Waals surface area contributed by atoms with Gasteiger partial charge in [-0.1, -0.05) is 39.3 Å². The van der Waals surface area contributed by atoms with Crippen LogP contribution in [0, 0.1) is 17.8 Å². The molecular weight excluding hydrogens is 246 g/mol. The maximum atomic E-state index is 5.99. The number of nitrogens with zero attached hydrogens (tertiary/aromatic N) is 1. The molecule has 0 aliphatic rings. The molecule has 0 amide bonds. The van der Waals surface area contributed by atoms with Crippen LogP contribution < -0.4 is 11.1 Å². The first kappa shape index (κ1) is 15.3. The second-order valence-corrected chi connectivity index (χ2v) is 5.77. The summed E-state index contributed by atoms with van der Waals surface area (Å²) in [4.78, 5) is 4.41. The Morgan fingerprint density at radius 1 is 1.22 bits per heavy atom. The van der Waals surface area contributed by atoms with Crippen LogP contribution in [0.15, 0.2) is 12.1 Å². The van der Waals surface area contributed by atoms with Gasteiger partial charge in [0.05, 0.1) is 10.7 Å². The molecule has 0 fully saturated rings. The van der Waals surface area contributed by atoms with E-state index in [1.165, 1.54) is 0 Å². The Labute approximate surface area is 115 Å². The highest BCUT2D eigenvalue weighted by atomic mass is 35.5. The third-order valence-electron chi connectivity index (χ3n) is 3.34. The lowest BCUT2D eigenvalue weighted by atomic mass is 9.85. The largest absolute Gasteiger partial charge is 0.370 e. The number of nitrogens with two attached hydrogens (primary N) is 1.